The van der Waals surface area contributed by atoms with Crippen molar-refractivity contribution in [2.75, 3.05) is 0 Å². The topological polar surface area (TPSA) is 52.9 Å². The molecular formula is C20H21ClN2O2. The van der Waals surface area contributed by atoms with E-state index >= 15 is 0 Å². The first kappa shape index (κ1) is 17.6. The quantitative estimate of drug-likeness (QED) is 0.876. The van der Waals surface area contributed by atoms with Crippen molar-refractivity contribution in [1.29, 1.82) is 0 Å². The second-order valence-corrected chi connectivity index (χ2v) is 6.82. The molecule has 5 heteroatoms. The Morgan fingerprint density at radius 3 is 2.56 bits per heavy atom. The van der Waals surface area contributed by atoms with E-state index in [1.165, 1.54) is 10.6 Å². The second-order valence-electron chi connectivity index (χ2n) is 6.38. The number of carbonyl (C=O) groups is 1. The van der Waals surface area contributed by atoms with Crippen LogP contribution in [0.1, 0.15) is 37.3 Å². The van der Waals surface area contributed by atoms with Crippen molar-refractivity contribution in [3.63, 3.8) is 0 Å². The zero-order valence-electron chi connectivity index (χ0n) is 14.2. The fraction of sp³-hybridized carbons (Fsp3) is 0.300. The number of amides is 1. The molecule has 1 atom stereocenters. The zero-order chi connectivity index (χ0) is 17.9. The third-order valence-electron chi connectivity index (χ3n) is 4.37. The van der Waals surface area contributed by atoms with Gasteiger partial charge in [0.05, 0.1) is 0 Å². The van der Waals surface area contributed by atoms with Gasteiger partial charge in [-0.25, -0.2) is 0 Å². The predicted molar refractivity (Wildman–Crippen MR) is 99.3 cm³/mol. The predicted octanol–water partition coefficient (Wildman–Crippen LogP) is 4.12. The van der Waals surface area contributed by atoms with Gasteiger partial charge in [-0.05, 0) is 37.5 Å². The average molecular weight is 357 g/mol. The summed E-state index contributed by atoms with van der Waals surface area (Å²) in [6.07, 6.45) is 2.17. The molecule has 0 bridgehead atoms. The van der Waals surface area contributed by atoms with Gasteiger partial charge in [0.25, 0.3) is 0 Å². The van der Waals surface area contributed by atoms with Gasteiger partial charge in [0.1, 0.15) is 0 Å². The maximum absolute atomic E-state index is 12.7. The minimum absolute atomic E-state index is 0.176. The highest BCUT2D eigenvalue weighted by Crippen LogP contribution is 2.36. The van der Waals surface area contributed by atoms with Crippen molar-refractivity contribution in [1.82, 2.24) is 5.01 Å². The van der Waals surface area contributed by atoms with Gasteiger partial charge in [0.2, 0.25) is 5.91 Å². The van der Waals surface area contributed by atoms with E-state index < -0.39 is 5.72 Å². The molecule has 3 rings (SSSR count). The third kappa shape index (κ3) is 3.91. The van der Waals surface area contributed by atoms with Crippen molar-refractivity contribution in [2.24, 2.45) is 5.10 Å². The Balaban J connectivity index is 1.69. The monoisotopic (exact) mass is 356 g/mol. The van der Waals surface area contributed by atoms with Crippen LogP contribution in [0.5, 0.6) is 0 Å². The van der Waals surface area contributed by atoms with E-state index in [4.69, 9.17) is 11.6 Å². The first-order chi connectivity index (χ1) is 12.0. The lowest BCUT2D eigenvalue weighted by Gasteiger charge is -2.31. The van der Waals surface area contributed by atoms with Crippen molar-refractivity contribution in [2.45, 2.75) is 38.3 Å². The van der Waals surface area contributed by atoms with Crippen LogP contribution in [0.3, 0.4) is 0 Å². The summed E-state index contributed by atoms with van der Waals surface area (Å²) in [5.41, 5.74) is 1.12. The summed E-state index contributed by atoms with van der Waals surface area (Å²) in [4.78, 5) is 12.7. The zero-order valence-corrected chi connectivity index (χ0v) is 14.9. The number of aryl methyl sites for hydroxylation is 1. The first-order valence-corrected chi connectivity index (χ1v) is 8.76. The fourth-order valence-corrected chi connectivity index (χ4v) is 3.24. The van der Waals surface area contributed by atoms with E-state index in [1.807, 2.05) is 37.3 Å². The number of hydrazone groups is 1. The van der Waals surface area contributed by atoms with Crippen LogP contribution in [0, 0.1) is 0 Å². The third-order valence-corrected chi connectivity index (χ3v) is 4.62. The minimum Gasteiger partial charge on any atom is -0.365 e. The summed E-state index contributed by atoms with van der Waals surface area (Å²) in [5, 5.41) is 17.2. The van der Waals surface area contributed by atoms with E-state index in [0.29, 0.717) is 29.8 Å². The van der Waals surface area contributed by atoms with Crippen LogP contribution in [0.2, 0.25) is 5.02 Å². The SMILES string of the molecule is CC1=NN(C(=O)CCCc2ccccc2)C(O)(c2ccc(Cl)cc2)C1. The molecule has 1 unspecified atom stereocenters. The fourth-order valence-electron chi connectivity index (χ4n) is 3.12. The molecule has 1 aliphatic rings. The van der Waals surface area contributed by atoms with Gasteiger partial charge in [0.15, 0.2) is 5.72 Å². The Morgan fingerprint density at radius 1 is 1.20 bits per heavy atom. The molecule has 4 nitrogen and oxygen atoms in total. The maximum Gasteiger partial charge on any atom is 0.245 e. The number of nitrogens with zero attached hydrogens (tertiary/aromatic N) is 2. The highest BCUT2D eigenvalue weighted by molar-refractivity contribution is 6.30. The molecule has 0 aromatic heterocycles. The summed E-state index contributed by atoms with van der Waals surface area (Å²) in [5.74, 6) is -0.176. The Labute approximate surface area is 152 Å². The highest BCUT2D eigenvalue weighted by Gasteiger charge is 2.44. The largest absolute Gasteiger partial charge is 0.365 e. The van der Waals surface area contributed by atoms with Crippen molar-refractivity contribution in [3.05, 3.63) is 70.7 Å². The van der Waals surface area contributed by atoms with Crippen LogP contribution in [-0.2, 0) is 16.9 Å². The number of aliphatic hydroxyl groups is 1. The van der Waals surface area contributed by atoms with Gasteiger partial charge < -0.3 is 5.11 Å². The molecule has 1 N–H and O–H groups in total. The van der Waals surface area contributed by atoms with Crippen LogP contribution in [0.15, 0.2) is 59.7 Å². The minimum atomic E-state index is -1.43. The molecule has 1 aliphatic heterocycles. The maximum atomic E-state index is 12.7. The van der Waals surface area contributed by atoms with Crippen molar-refractivity contribution in [3.8, 4) is 0 Å². The van der Waals surface area contributed by atoms with Crippen LogP contribution >= 0.6 is 11.6 Å². The Bertz CT molecular complexity index is 774. The summed E-state index contributed by atoms with van der Waals surface area (Å²) >= 11 is 5.93. The van der Waals surface area contributed by atoms with Gasteiger partial charge in [-0.2, -0.15) is 10.1 Å². The molecule has 2 aromatic rings. The molecule has 0 radical (unpaired) electrons. The van der Waals surface area contributed by atoms with E-state index in [1.54, 1.807) is 24.3 Å². The van der Waals surface area contributed by atoms with Crippen LogP contribution < -0.4 is 0 Å². The van der Waals surface area contributed by atoms with E-state index in [9.17, 15) is 9.90 Å². The Kier molecular flexibility index (Phi) is 5.21. The lowest BCUT2D eigenvalue weighted by Crippen LogP contribution is -2.43. The molecule has 1 amide bonds. The van der Waals surface area contributed by atoms with Crippen molar-refractivity contribution < 1.29 is 9.90 Å². The number of rotatable bonds is 5. The van der Waals surface area contributed by atoms with Crippen LogP contribution in [0.25, 0.3) is 0 Å². The number of hydrogen-bond donors (Lipinski definition) is 1. The van der Waals surface area contributed by atoms with Gasteiger partial charge in [-0.1, -0.05) is 54.1 Å². The molecule has 0 saturated heterocycles. The number of carbonyl (C=O) groups excluding carboxylic acids is 1. The van der Waals surface area contributed by atoms with Crippen LogP contribution in [-0.4, -0.2) is 21.7 Å². The van der Waals surface area contributed by atoms with Gasteiger partial charge in [0, 0.05) is 29.1 Å². The molecule has 2 aromatic carbocycles. The first-order valence-electron chi connectivity index (χ1n) is 8.38. The molecule has 1 heterocycles. The van der Waals surface area contributed by atoms with Crippen molar-refractivity contribution >= 4 is 23.2 Å². The number of halogens is 1. The van der Waals surface area contributed by atoms with Gasteiger partial charge in [-0.15, -0.1) is 0 Å². The molecule has 130 valence electrons. The summed E-state index contributed by atoms with van der Waals surface area (Å²) < 4.78 is 0. The van der Waals surface area contributed by atoms with E-state index in [2.05, 4.69) is 5.10 Å². The number of hydrogen-bond acceptors (Lipinski definition) is 3. The van der Waals surface area contributed by atoms with Crippen LogP contribution in [0.4, 0.5) is 0 Å². The molecular weight excluding hydrogens is 336 g/mol. The summed E-state index contributed by atoms with van der Waals surface area (Å²) in [7, 11) is 0. The Morgan fingerprint density at radius 2 is 1.88 bits per heavy atom. The second kappa shape index (κ2) is 7.38. The summed E-state index contributed by atoms with van der Waals surface area (Å²) in [6.45, 7) is 1.82. The highest BCUT2D eigenvalue weighted by atomic mass is 35.5. The molecule has 25 heavy (non-hydrogen) atoms. The smallest absolute Gasteiger partial charge is 0.245 e. The molecule has 0 fully saturated rings. The lowest BCUT2D eigenvalue weighted by molar-refractivity contribution is -0.157. The van der Waals surface area contributed by atoms with Gasteiger partial charge >= 0.3 is 0 Å². The van der Waals surface area contributed by atoms with E-state index in [-0.39, 0.29) is 5.91 Å². The van der Waals surface area contributed by atoms with Gasteiger partial charge in [-0.3, -0.25) is 4.79 Å². The standard InChI is InChI=1S/C20H21ClN2O2/c1-15-14-20(25,17-10-12-18(21)13-11-17)23(22-15)19(24)9-5-8-16-6-3-2-4-7-16/h2-4,6-7,10-13,25H,5,8-9,14H2,1H3. The average Bonchev–Trinajstić information content (AvgIpc) is 2.92. The summed E-state index contributed by atoms with van der Waals surface area (Å²) in [6, 6.07) is 16.9. The number of benzene rings is 2. The Hall–Kier alpha value is -2.17. The molecule has 0 saturated carbocycles. The van der Waals surface area contributed by atoms with E-state index in [0.717, 1.165) is 12.1 Å². The molecule has 0 aliphatic carbocycles. The lowest BCUT2D eigenvalue weighted by atomic mass is 9.97. The normalized spacial score (nSPS) is 19.8. The molecule has 0 spiro atoms.